The molecule has 1 aliphatic rings. The van der Waals surface area contributed by atoms with Gasteiger partial charge in [0.2, 0.25) is 0 Å². The van der Waals surface area contributed by atoms with Crippen LogP contribution in [0, 0.1) is 17.1 Å². The fourth-order valence-corrected chi connectivity index (χ4v) is 3.43. The topological polar surface area (TPSA) is 115 Å². The third-order valence-corrected chi connectivity index (χ3v) is 4.90. The van der Waals surface area contributed by atoms with E-state index in [9.17, 15) is 9.65 Å². The molecule has 1 aliphatic heterocycles. The molecule has 0 fully saturated rings. The number of hydrogen-bond acceptors (Lipinski definition) is 7. The van der Waals surface area contributed by atoms with Gasteiger partial charge in [-0.1, -0.05) is 11.6 Å². The molecule has 2 aromatic heterocycles. The Morgan fingerprint density at radius 2 is 2.21 bits per heavy atom. The first-order valence-electron chi connectivity index (χ1n) is 8.64. The fourth-order valence-electron chi connectivity index (χ4n) is 3.19. The molecule has 0 unspecified atom stereocenters. The molecule has 0 saturated carbocycles. The summed E-state index contributed by atoms with van der Waals surface area (Å²) in [6.07, 6.45) is 0.804. The Labute approximate surface area is 170 Å². The SMILES string of the molecule is C[C@H]1Oc2nc(cnc2N)-c2c(nn(C)c2C#N)CN=C(Cl)c2ccc(F)cc21. The molecular formula is C19H15ClFN7O. The minimum Gasteiger partial charge on any atom is -0.467 e. The van der Waals surface area contributed by atoms with Crippen molar-refractivity contribution in [1.29, 1.82) is 5.26 Å². The number of aromatic nitrogens is 4. The van der Waals surface area contributed by atoms with Gasteiger partial charge in [-0.15, -0.1) is 0 Å². The van der Waals surface area contributed by atoms with Crippen LogP contribution in [0.4, 0.5) is 10.2 Å². The second-order valence-electron chi connectivity index (χ2n) is 6.45. The van der Waals surface area contributed by atoms with Crippen LogP contribution in [0.15, 0.2) is 29.4 Å². The average Bonchev–Trinajstić information content (AvgIpc) is 3.02. The Hall–Kier alpha value is -3.51. The molecular weight excluding hydrogens is 397 g/mol. The van der Waals surface area contributed by atoms with Crippen LogP contribution in [0.5, 0.6) is 5.88 Å². The van der Waals surface area contributed by atoms with E-state index < -0.39 is 11.9 Å². The Kier molecular flexibility index (Phi) is 4.64. The highest BCUT2D eigenvalue weighted by atomic mass is 35.5. The molecule has 0 amide bonds. The maximum Gasteiger partial charge on any atom is 0.258 e. The summed E-state index contributed by atoms with van der Waals surface area (Å²) >= 11 is 6.44. The number of aliphatic imine (C=N–C) groups is 1. The standard InChI is InChI=1S/C19H15ClFN7O/c1-9-12-5-10(21)3-4-11(12)17(20)24-8-14-16(15(6-22)28(2)27-14)13-7-25-18(23)19(26-13)29-9/h3-5,7,9H,8H2,1-2H3,(H2,23,25)/t9-/m1/s1. The highest BCUT2D eigenvalue weighted by Crippen LogP contribution is 2.33. The summed E-state index contributed by atoms with van der Waals surface area (Å²) in [6, 6.07) is 6.28. The predicted octanol–water partition coefficient (Wildman–Crippen LogP) is 3.11. The van der Waals surface area contributed by atoms with Crippen molar-refractivity contribution in [2.75, 3.05) is 5.73 Å². The minimum absolute atomic E-state index is 0.0672. The van der Waals surface area contributed by atoms with Gasteiger partial charge in [0.05, 0.1) is 29.7 Å². The number of fused-ring (bicyclic) bond motifs is 5. The van der Waals surface area contributed by atoms with Gasteiger partial charge < -0.3 is 10.5 Å². The second-order valence-corrected chi connectivity index (χ2v) is 6.81. The molecule has 2 N–H and O–H groups in total. The molecule has 29 heavy (non-hydrogen) atoms. The summed E-state index contributed by atoms with van der Waals surface area (Å²) in [4.78, 5) is 13.0. The number of hydrogen-bond donors (Lipinski definition) is 1. The Morgan fingerprint density at radius 1 is 1.41 bits per heavy atom. The van der Waals surface area contributed by atoms with Gasteiger partial charge in [0.25, 0.3) is 5.88 Å². The third kappa shape index (κ3) is 3.28. The van der Waals surface area contributed by atoms with Crippen molar-refractivity contribution in [1.82, 2.24) is 19.7 Å². The van der Waals surface area contributed by atoms with Crippen LogP contribution in [0.3, 0.4) is 0 Å². The van der Waals surface area contributed by atoms with Crippen molar-refractivity contribution in [2.24, 2.45) is 12.0 Å². The zero-order chi connectivity index (χ0) is 20.7. The van der Waals surface area contributed by atoms with Crippen LogP contribution in [0.1, 0.15) is 35.5 Å². The van der Waals surface area contributed by atoms with Crippen molar-refractivity contribution in [3.63, 3.8) is 0 Å². The van der Waals surface area contributed by atoms with Crippen LogP contribution in [-0.2, 0) is 13.6 Å². The lowest BCUT2D eigenvalue weighted by atomic mass is 10.0. The van der Waals surface area contributed by atoms with Gasteiger partial charge in [-0.3, -0.25) is 9.67 Å². The van der Waals surface area contributed by atoms with E-state index in [4.69, 9.17) is 22.1 Å². The number of aryl methyl sites for hydroxylation is 1. The van der Waals surface area contributed by atoms with Gasteiger partial charge in [-0.2, -0.15) is 10.4 Å². The van der Waals surface area contributed by atoms with Gasteiger partial charge in [0.1, 0.15) is 28.9 Å². The summed E-state index contributed by atoms with van der Waals surface area (Å²) in [6.45, 7) is 1.81. The highest BCUT2D eigenvalue weighted by Gasteiger charge is 2.24. The first kappa shape index (κ1) is 18.8. The fraction of sp³-hybridized carbons (Fsp3) is 0.211. The Balaban J connectivity index is 1.99. The number of nitriles is 1. The maximum absolute atomic E-state index is 13.9. The Bertz CT molecular complexity index is 1200. The molecule has 3 aromatic rings. The zero-order valence-corrected chi connectivity index (χ0v) is 16.3. The van der Waals surface area contributed by atoms with Crippen molar-refractivity contribution >= 4 is 22.6 Å². The Morgan fingerprint density at radius 3 is 2.97 bits per heavy atom. The number of benzene rings is 1. The molecule has 8 nitrogen and oxygen atoms in total. The summed E-state index contributed by atoms with van der Waals surface area (Å²) < 4.78 is 21.2. The maximum atomic E-state index is 13.9. The van der Waals surface area contributed by atoms with E-state index in [-0.39, 0.29) is 23.4 Å². The van der Waals surface area contributed by atoms with E-state index in [1.807, 2.05) is 0 Å². The van der Waals surface area contributed by atoms with Gasteiger partial charge in [-0.25, -0.2) is 14.4 Å². The van der Waals surface area contributed by atoms with Crippen molar-refractivity contribution < 1.29 is 9.13 Å². The van der Waals surface area contributed by atoms with Crippen molar-refractivity contribution in [3.05, 3.63) is 52.7 Å². The van der Waals surface area contributed by atoms with Crippen LogP contribution in [0.25, 0.3) is 11.3 Å². The van der Waals surface area contributed by atoms with E-state index in [2.05, 4.69) is 26.1 Å². The number of nitrogen functional groups attached to an aromatic ring is 1. The molecule has 2 bridgehead atoms. The molecule has 1 atom stereocenters. The second kappa shape index (κ2) is 7.14. The number of rotatable bonds is 0. The first-order valence-corrected chi connectivity index (χ1v) is 9.02. The molecule has 0 aliphatic carbocycles. The lowest BCUT2D eigenvalue weighted by Gasteiger charge is -2.19. The van der Waals surface area contributed by atoms with Crippen LogP contribution < -0.4 is 10.5 Å². The summed E-state index contributed by atoms with van der Waals surface area (Å²) in [7, 11) is 1.65. The van der Waals surface area contributed by atoms with Gasteiger partial charge in [0.15, 0.2) is 5.82 Å². The molecule has 0 saturated heterocycles. The molecule has 10 heteroatoms. The van der Waals surface area contributed by atoms with E-state index in [1.54, 1.807) is 14.0 Å². The van der Waals surface area contributed by atoms with E-state index in [1.165, 1.54) is 29.1 Å². The van der Waals surface area contributed by atoms with E-state index >= 15 is 0 Å². The quantitative estimate of drug-likeness (QED) is 0.607. The molecule has 0 radical (unpaired) electrons. The molecule has 146 valence electrons. The number of ether oxygens (including phenoxy) is 1. The lowest BCUT2D eigenvalue weighted by Crippen LogP contribution is -2.12. The summed E-state index contributed by atoms with van der Waals surface area (Å²) in [5, 5.41) is 14.1. The minimum atomic E-state index is -0.639. The van der Waals surface area contributed by atoms with Crippen LogP contribution in [-0.4, -0.2) is 24.9 Å². The number of halogens is 2. The van der Waals surface area contributed by atoms with Crippen molar-refractivity contribution in [3.8, 4) is 23.2 Å². The average molecular weight is 412 g/mol. The smallest absolute Gasteiger partial charge is 0.258 e. The third-order valence-electron chi connectivity index (χ3n) is 4.58. The molecule has 3 heterocycles. The highest BCUT2D eigenvalue weighted by molar-refractivity contribution is 6.69. The molecule has 0 spiro atoms. The number of anilines is 1. The van der Waals surface area contributed by atoms with Crippen LogP contribution >= 0.6 is 11.6 Å². The normalized spacial score (nSPS) is 15.7. The summed E-state index contributed by atoms with van der Waals surface area (Å²) in [5.41, 5.74) is 8.58. The first-order chi connectivity index (χ1) is 13.9. The van der Waals surface area contributed by atoms with Crippen LogP contribution in [0.2, 0.25) is 0 Å². The monoisotopic (exact) mass is 411 g/mol. The lowest BCUT2D eigenvalue weighted by molar-refractivity contribution is 0.218. The van der Waals surface area contributed by atoms with Crippen molar-refractivity contribution in [2.45, 2.75) is 19.6 Å². The van der Waals surface area contributed by atoms with Gasteiger partial charge >= 0.3 is 0 Å². The zero-order valence-electron chi connectivity index (χ0n) is 15.5. The van der Waals surface area contributed by atoms with Gasteiger partial charge in [-0.05, 0) is 25.1 Å². The molecule has 1 aromatic carbocycles. The largest absolute Gasteiger partial charge is 0.467 e. The van der Waals surface area contributed by atoms with E-state index in [0.29, 0.717) is 33.8 Å². The summed E-state index contributed by atoms with van der Waals surface area (Å²) in [5.74, 6) is -0.300. The molecule has 4 rings (SSSR count). The van der Waals surface area contributed by atoms with E-state index in [0.717, 1.165) is 0 Å². The number of nitrogens with two attached hydrogens (primary N) is 1. The number of nitrogens with zero attached hydrogens (tertiary/aromatic N) is 6. The predicted molar refractivity (Wildman–Crippen MR) is 105 cm³/mol. The van der Waals surface area contributed by atoms with Gasteiger partial charge in [0, 0.05) is 18.2 Å².